The molecular weight excluding hydrogens is 160 g/mol. The molecule has 1 rings (SSSR count). The van der Waals surface area contributed by atoms with Crippen LogP contribution in [0.3, 0.4) is 0 Å². The van der Waals surface area contributed by atoms with Crippen LogP contribution in [-0.4, -0.2) is 17.8 Å². The number of aromatic nitrogens is 1. The first-order valence-electron chi connectivity index (χ1n) is 3.24. The summed E-state index contributed by atoms with van der Waals surface area (Å²) in [6.07, 6.45) is 0. The Kier molecular flexibility index (Phi) is 2.59. The van der Waals surface area contributed by atoms with E-state index in [4.69, 9.17) is 0 Å². The zero-order chi connectivity index (χ0) is 8.27. The molecule has 0 spiro atoms. The molecule has 0 atom stereocenters. The van der Waals surface area contributed by atoms with E-state index in [0.717, 1.165) is 16.4 Å². The number of oxime groups is 1. The maximum atomic E-state index is 4.62. The van der Waals surface area contributed by atoms with E-state index in [1.807, 2.05) is 19.2 Å². The maximum Gasteiger partial charge on any atom is 0.106 e. The molecule has 0 N–H and O–H groups in total. The Morgan fingerprint density at radius 3 is 2.91 bits per heavy atom. The normalized spacial score (nSPS) is 11.7. The van der Waals surface area contributed by atoms with Crippen LogP contribution in [0.5, 0.6) is 0 Å². The van der Waals surface area contributed by atoms with Crippen molar-refractivity contribution in [3.8, 4) is 0 Å². The molecule has 0 aliphatic heterocycles. The van der Waals surface area contributed by atoms with Gasteiger partial charge in [0.05, 0.1) is 10.7 Å². The Bertz CT molecular complexity index is 267. The van der Waals surface area contributed by atoms with Crippen LogP contribution in [0.1, 0.15) is 17.6 Å². The fourth-order valence-corrected chi connectivity index (χ4v) is 1.37. The van der Waals surface area contributed by atoms with Crippen molar-refractivity contribution in [3.05, 3.63) is 16.1 Å². The summed E-state index contributed by atoms with van der Waals surface area (Å²) in [5.41, 5.74) is 1.71. The second-order valence-electron chi connectivity index (χ2n) is 2.11. The molecule has 1 heterocycles. The molecule has 0 saturated carbocycles. The van der Waals surface area contributed by atoms with Crippen LogP contribution in [-0.2, 0) is 4.84 Å². The van der Waals surface area contributed by atoms with Crippen molar-refractivity contribution in [2.75, 3.05) is 7.11 Å². The molecule has 0 aliphatic carbocycles. The van der Waals surface area contributed by atoms with Crippen molar-refractivity contribution in [2.45, 2.75) is 13.8 Å². The molecule has 3 nitrogen and oxygen atoms in total. The minimum absolute atomic E-state index is 0.817. The Hall–Kier alpha value is -0.900. The lowest BCUT2D eigenvalue weighted by molar-refractivity contribution is 0.213. The summed E-state index contributed by atoms with van der Waals surface area (Å²) < 4.78 is 0. The first-order valence-corrected chi connectivity index (χ1v) is 4.12. The predicted molar refractivity (Wildman–Crippen MR) is 46.1 cm³/mol. The fourth-order valence-electron chi connectivity index (χ4n) is 0.713. The molecule has 0 unspecified atom stereocenters. The van der Waals surface area contributed by atoms with Crippen molar-refractivity contribution < 1.29 is 4.84 Å². The average Bonchev–Trinajstić information content (AvgIpc) is 2.36. The summed E-state index contributed by atoms with van der Waals surface area (Å²) in [5.74, 6) is 0. The lowest BCUT2D eigenvalue weighted by Crippen LogP contribution is -1.95. The van der Waals surface area contributed by atoms with Crippen molar-refractivity contribution in [3.63, 3.8) is 0 Å². The highest BCUT2D eigenvalue weighted by atomic mass is 32.1. The van der Waals surface area contributed by atoms with E-state index < -0.39 is 0 Å². The third-order valence-electron chi connectivity index (χ3n) is 1.22. The molecule has 0 aromatic carbocycles. The van der Waals surface area contributed by atoms with Crippen molar-refractivity contribution in [1.29, 1.82) is 0 Å². The summed E-state index contributed by atoms with van der Waals surface area (Å²) in [4.78, 5) is 8.86. The monoisotopic (exact) mass is 170 g/mol. The molecular formula is C7H10N2OS. The van der Waals surface area contributed by atoms with Crippen LogP contribution in [0.4, 0.5) is 0 Å². The molecule has 0 bridgehead atoms. The van der Waals surface area contributed by atoms with Crippen LogP contribution in [0, 0.1) is 6.92 Å². The van der Waals surface area contributed by atoms with Gasteiger partial charge in [-0.2, -0.15) is 0 Å². The SMILES string of the molecule is CON=C(C)c1csc(C)n1. The van der Waals surface area contributed by atoms with Crippen LogP contribution >= 0.6 is 11.3 Å². The Morgan fingerprint density at radius 1 is 1.73 bits per heavy atom. The topological polar surface area (TPSA) is 34.5 Å². The zero-order valence-electron chi connectivity index (χ0n) is 6.79. The summed E-state index contributed by atoms with van der Waals surface area (Å²) in [6, 6.07) is 0. The number of hydrogen-bond acceptors (Lipinski definition) is 4. The summed E-state index contributed by atoms with van der Waals surface area (Å²) in [7, 11) is 1.53. The molecule has 1 aromatic rings. The van der Waals surface area contributed by atoms with Gasteiger partial charge in [-0.25, -0.2) is 4.98 Å². The Labute approximate surface area is 69.7 Å². The highest BCUT2D eigenvalue weighted by molar-refractivity contribution is 7.09. The lowest BCUT2D eigenvalue weighted by atomic mass is 10.3. The van der Waals surface area contributed by atoms with Gasteiger partial charge in [0.2, 0.25) is 0 Å². The van der Waals surface area contributed by atoms with Crippen LogP contribution in [0.15, 0.2) is 10.5 Å². The van der Waals surface area contributed by atoms with Gasteiger partial charge in [-0.05, 0) is 13.8 Å². The van der Waals surface area contributed by atoms with E-state index in [0.29, 0.717) is 0 Å². The summed E-state index contributed by atoms with van der Waals surface area (Å²) >= 11 is 1.61. The quantitative estimate of drug-likeness (QED) is 0.501. The molecule has 60 valence electrons. The Morgan fingerprint density at radius 2 is 2.45 bits per heavy atom. The third kappa shape index (κ3) is 2.01. The Balaban J connectivity index is 2.84. The largest absolute Gasteiger partial charge is 0.399 e. The first kappa shape index (κ1) is 8.20. The van der Waals surface area contributed by atoms with Gasteiger partial charge >= 0.3 is 0 Å². The fraction of sp³-hybridized carbons (Fsp3) is 0.429. The van der Waals surface area contributed by atoms with Gasteiger partial charge in [-0.3, -0.25) is 0 Å². The van der Waals surface area contributed by atoms with Crippen LogP contribution < -0.4 is 0 Å². The van der Waals surface area contributed by atoms with Gasteiger partial charge in [-0.1, -0.05) is 5.16 Å². The van der Waals surface area contributed by atoms with Gasteiger partial charge in [-0.15, -0.1) is 11.3 Å². The molecule has 1 aromatic heterocycles. The van der Waals surface area contributed by atoms with Gasteiger partial charge < -0.3 is 4.84 Å². The smallest absolute Gasteiger partial charge is 0.106 e. The average molecular weight is 170 g/mol. The number of thiazole rings is 1. The van der Waals surface area contributed by atoms with Gasteiger partial charge in [0.15, 0.2) is 0 Å². The molecule has 4 heteroatoms. The van der Waals surface area contributed by atoms with Crippen molar-refractivity contribution >= 4 is 17.0 Å². The van der Waals surface area contributed by atoms with Gasteiger partial charge in [0.25, 0.3) is 0 Å². The van der Waals surface area contributed by atoms with Crippen molar-refractivity contribution in [2.24, 2.45) is 5.16 Å². The zero-order valence-corrected chi connectivity index (χ0v) is 7.60. The van der Waals surface area contributed by atoms with Crippen molar-refractivity contribution in [1.82, 2.24) is 4.98 Å². The third-order valence-corrected chi connectivity index (χ3v) is 1.99. The standard InChI is InChI=1S/C7H10N2OS/c1-5(9-10-3)7-4-11-6(2)8-7/h4H,1-3H3. The number of hydrogen-bond donors (Lipinski definition) is 0. The number of aryl methyl sites for hydroxylation is 1. The first-order chi connectivity index (χ1) is 5.24. The van der Waals surface area contributed by atoms with Crippen LogP contribution in [0.2, 0.25) is 0 Å². The predicted octanol–water partition coefficient (Wildman–Crippen LogP) is 1.82. The number of rotatable bonds is 2. The van der Waals surface area contributed by atoms with E-state index in [1.165, 1.54) is 7.11 Å². The van der Waals surface area contributed by atoms with Gasteiger partial charge in [0.1, 0.15) is 12.8 Å². The minimum atomic E-state index is 0.817. The van der Waals surface area contributed by atoms with E-state index in [2.05, 4.69) is 15.0 Å². The minimum Gasteiger partial charge on any atom is -0.399 e. The lowest BCUT2D eigenvalue weighted by Gasteiger charge is -1.91. The molecule has 0 radical (unpaired) electrons. The van der Waals surface area contributed by atoms with E-state index in [1.54, 1.807) is 11.3 Å². The van der Waals surface area contributed by atoms with Crippen LogP contribution in [0.25, 0.3) is 0 Å². The van der Waals surface area contributed by atoms with E-state index in [-0.39, 0.29) is 0 Å². The second kappa shape index (κ2) is 3.48. The molecule has 0 aliphatic rings. The van der Waals surface area contributed by atoms with Gasteiger partial charge in [0, 0.05) is 5.38 Å². The maximum absolute atomic E-state index is 4.62. The molecule has 0 saturated heterocycles. The molecule has 0 amide bonds. The van der Waals surface area contributed by atoms with E-state index >= 15 is 0 Å². The highest BCUT2D eigenvalue weighted by Crippen LogP contribution is 2.08. The highest BCUT2D eigenvalue weighted by Gasteiger charge is 2.00. The second-order valence-corrected chi connectivity index (χ2v) is 3.17. The summed E-state index contributed by atoms with van der Waals surface area (Å²) in [5, 5.41) is 6.78. The summed E-state index contributed by atoms with van der Waals surface area (Å²) in [6.45, 7) is 3.84. The van der Waals surface area contributed by atoms with E-state index in [9.17, 15) is 0 Å². The molecule has 0 fully saturated rings. The molecule has 11 heavy (non-hydrogen) atoms. The number of nitrogens with zero attached hydrogens (tertiary/aromatic N) is 2.